The molecule has 6 heteroatoms. The summed E-state index contributed by atoms with van der Waals surface area (Å²) in [5, 5.41) is 26.3. The summed E-state index contributed by atoms with van der Waals surface area (Å²) in [6, 6.07) is 6.50. The molecular weight excluding hydrogens is 258 g/mol. The van der Waals surface area contributed by atoms with Gasteiger partial charge in [0.25, 0.3) is 0 Å². The number of aromatic carboxylic acids is 1. The molecule has 0 fully saturated rings. The van der Waals surface area contributed by atoms with Crippen LogP contribution >= 0.6 is 0 Å². The van der Waals surface area contributed by atoms with Gasteiger partial charge in [-0.1, -0.05) is 25.1 Å². The fourth-order valence-corrected chi connectivity index (χ4v) is 2.02. The molecule has 0 atom stereocenters. The van der Waals surface area contributed by atoms with Crippen molar-refractivity contribution in [1.29, 1.82) is 0 Å². The first-order valence-electron chi connectivity index (χ1n) is 6.41. The Labute approximate surface area is 116 Å². The summed E-state index contributed by atoms with van der Waals surface area (Å²) in [7, 11) is 0. The minimum Gasteiger partial charge on any atom is -0.478 e. The summed E-state index contributed by atoms with van der Waals surface area (Å²) in [6.45, 7) is 3.94. The molecule has 106 valence electrons. The number of benzene rings is 1. The second-order valence-electron chi connectivity index (χ2n) is 5.01. The van der Waals surface area contributed by atoms with Gasteiger partial charge < -0.3 is 10.2 Å². The smallest absolute Gasteiger partial charge is 0.335 e. The van der Waals surface area contributed by atoms with Gasteiger partial charge in [-0.3, -0.25) is 0 Å². The second-order valence-corrected chi connectivity index (χ2v) is 5.01. The third-order valence-corrected chi connectivity index (χ3v) is 2.93. The van der Waals surface area contributed by atoms with Crippen molar-refractivity contribution in [2.45, 2.75) is 26.9 Å². The van der Waals surface area contributed by atoms with E-state index in [1.165, 1.54) is 6.07 Å². The van der Waals surface area contributed by atoms with Gasteiger partial charge in [0, 0.05) is 0 Å². The molecule has 0 amide bonds. The van der Waals surface area contributed by atoms with Crippen LogP contribution in [-0.2, 0) is 13.0 Å². The molecule has 0 spiro atoms. The van der Waals surface area contributed by atoms with Crippen molar-refractivity contribution in [2.75, 3.05) is 0 Å². The summed E-state index contributed by atoms with van der Waals surface area (Å²) in [6.07, 6.45) is 0.709. The van der Waals surface area contributed by atoms with Crippen LogP contribution in [0.3, 0.4) is 0 Å². The minimum atomic E-state index is -0.986. The molecular formula is C14H17N3O3. The van der Waals surface area contributed by atoms with E-state index >= 15 is 0 Å². The molecule has 2 aromatic rings. The normalized spacial score (nSPS) is 11.0. The lowest BCUT2D eigenvalue weighted by Gasteiger charge is -2.10. The molecule has 2 rings (SSSR count). The lowest BCUT2D eigenvalue weighted by atomic mass is 10.1. The van der Waals surface area contributed by atoms with E-state index < -0.39 is 5.97 Å². The van der Waals surface area contributed by atoms with Gasteiger partial charge in [-0.25, -0.2) is 9.48 Å². The number of nitrogens with zero attached hydrogens (tertiary/aromatic N) is 3. The zero-order valence-electron chi connectivity index (χ0n) is 11.4. The first kappa shape index (κ1) is 14.2. The Bertz CT molecular complexity index is 620. The Hall–Kier alpha value is -2.21. The Morgan fingerprint density at radius 2 is 2.15 bits per heavy atom. The standard InChI is InChI=1S/C14H17N3O3/c1-9(2)6-13-12(8-18)15-16-17(13)11-5-3-4-10(7-11)14(19)20/h3-5,7,9,18H,6,8H2,1-2H3,(H,19,20). The van der Waals surface area contributed by atoms with Gasteiger partial charge in [0.2, 0.25) is 0 Å². The van der Waals surface area contributed by atoms with Gasteiger partial charge in [-0.2, -0.15) is 0 Å². The number of aliphatic hydroxyl groups excluding tert-OH is 1. The summed E-state index contributed by atoms with van der Waals surface area (Å²) in [5.74, 6) is -0.611. The van der Waals surface area contributed by atoms with E-state index in [9.17, 15) is 9.90 Å². The number of hydrogen-bond donors (Lipinski definition) is 2. The van der Waals surface area contributed by atoms with E-state index in [-0.39, 0.29) is 12.2 Å². The van der Waals surface area contributed by atoms with Crippen LogP contribution in [0.5, 0.6) is 0 Å². The molecule has 0 saturated carbocycles. The van der Waals surface area contributed by atoms with Gasteiger partial charge >= 0.3 is 5.97 Å². The quantitative estimate of drug-likeness (QED) is 0.866. The number of rotatable bonds is 5. The average Bonchev–Trinajstić information content (AvgIpc) is 2.81. The number of carbonyl (C=O) groups is 1. The minimum absolute atomic E-state index is 0.180. The Balaban J connectivity index is 2.49. The molecule has 0 aliphatic heterocycles. The number of hydrogen-bond acceptors (Lipinski definition) is 4. The van der Waals surface area contributed by atoms with Crippen molar-refractivity contribution in [2.24, 2.45) is 5.92 Å². The molecule has 1 aromatic carbocycles. The second kappa shape index (κ2) is 5.83. The fraction of sp³-hybridized carbons (Fsp3) is 0.357. The Morgan fingerprint density at radius 1 is 1.40 bits per heavy atom. The molecule has 0 aliphatic rings. The van der Waals surface area contributed by atoms with Crippen LogP contribution in [0.4, 0.5) is 0 Å². The highest BCUT2D eigenvalue weighted by molar-refractivity contribution is 5.88. The molecule has 6 nitrogen and oxygen atoms in total. The van der Waals surface area contributed by atoms with Crippen molar-refractivity contribution in [3.63, 3.8) is 0 Å². The lowest BCUT2D eigenvalue weighted by Crippen LogP contribution is -2.08. The third-order valence-electron chi connectivity index (χ3n) is 2.93. The fourth-order valence-electron chi connectivity index (χ4n) is 2.02. The third kappa shape index (κ3) is 2.85. The predicted octanol–water partition coefficient (Wildman–Crippen LogP) is 1.66. The average molecular weight is 275 g/mol. The zero-order chi connectivity index (χ0) is 14.7. The maximum atomic E-state index is 11.0. The molecule has 0 radical (unpaired) electrons. The van der Waals surface area contributed by atoms with Gasteiger partial charge in [-0.15, -0.1) is 5.10 Å². The molecule has 0 saturated heterocycles. The highest BCUT2D eigenvalue weighted by atomic mass is 16.4. The molecule has 1 heterocycles. The maximum Gasteiger partial charge on any atom is 0.335 e. The van der Waals surface area contributed by atoms with Crippen LogP contribution in [0.2, 0.25) is 0 Å². The van der Waals surface area contributed by atoms with Crippen LogP contribution in [0.25, 0.3) is 5.69 Å². The van der Waals surface area contributed by atoms with E-state index in [4.69, 9.17) is 5.11 Å². The van der Waals surface area contributed by atoms with Crippen LogP contribution in [0.15, 0.2) is 24.3 Å². The van der Waals surface area contributed by atoms with Gasteiger partial charge in [0.1, 0.15) is 5.69 Å². The summed E-state index contributed by atoms with van der Waals surface area (Å²) in [4.78, 5) is 11.0. The Kier molecular flexibility index (Phi) is 4.14. The molecule has 20 heavy (non-hydrogen) atoms. The number of carboxylic acid groups (broad SMARTS) is 1. The summed E-state index contributed by atoms with van der Waals surface area (Å²) < 4.78 is 1.60. The molecule has 0 bridgehead atoms. The lowest BCUT2D eigenvalue weighted by molar-refractivity contribution is 0.0697. The first-order chi connectivity index (χ1) is 9.52. The highest BCUT2D eigenvalue weighted by Crippen LogP contribution is 2.18. The molecule has 0 aliphatic carbocycles. The summed E-state index contributed by atoms with van der Waals surface area (Å²) >= 11 is 0. The number of carboxylic acids is 1. The number of aliphatic hydroxyl groups is 1. The van der Waals surface area contributed by atoms with E-state index in [0.717, 1.165) is 5.69 Å². The SMILES string of the molecule is CC(C)Cc1c(CO)nnn1-c1cccc(C(=O)O)c1. The topological polar surface area (TPSA) is 88.2 Å². The van der Waals surface area contributed by atoms with Crippen LogP contribution in [-0.4, -0.2) is 31.2 Å². The molecule has 1 aromatic heterocycles. The Morgan fingerprint density at radius 3 is 2.75 bits per heavy atom. The van der Waals surface area contributed by atoms with E-state index in [2.05, 4.69) is 24.2 Å². The first-order valence-corrected chi connectivity index (χ1v) is 6.41. The van der Waals surface area contributed by atoms with E-state index in [1.807, 2.05) is 0 Å². The molecule has 2 N–H and O–H groups in total. The van der Waals surface area contributed by atoms with Crippen LogP contribution < -0.4 is 0 Å². The van der Waals surface area contributed by atoms with E-state index in [0.29, 0.717) is 23.7 Å². The monoisotopic (exact) mass is 275 g/mol. The number of aromatic nitrogens is 3. The van der Waals surface area contributed by atoms with Gasteiger partial charge in [0.05, 0.1) is 23.6 Å². The van der Waals surface area contributed by atoms with Crippen LogP contribution in [0, 0.1) is 5.92 Å². The van der Waals surface area contributed by atoms with Crippen molar-refractivity contribution in [3.8, 4) is 5.69 Å². The molecule has 0 unspecified atom stereocenters. The van der Waals surface area contributed by atoms with Gasteiger partial charge in [0.15, 0.2) is 0 Å². The van der Waals surface area contributed by atoms with Crippen molar-refractivity contribution < 1.29 is 15.0 Å². The van der Waals surface area contributed by atoms with E-state index in [1.54, 1.807) is 22.9 Å². The highest BCUT2D eigenvalue weighted by Gasteiger charge is 2.15. The van der Waals surface area contributed by atoms with Crippen molar-refractivity contribution in [3.05, 3.63) is 41.2 Å². The largest absolute Gasteiger partial charge is 0.478 e. The predicted molar refractivity (Wildman–Crippen MR) is 72.8 cm³/mol. The van der Waals surface area contributed by atoms with Gasteiger partial charge in [-0.05, 0) is 30.5 Å². The zero-order valence-corrected chi connectivity index (χ0v) is 11.4. The van der Waals surface area contributed by atoms with Crippen molar-refractivity contribution >= 4 is 5.97 Å². The van der Waals surface area contributed by atoms with Crippen molar-refractivity contribution in [1.82, 2.24) is 15.0 Å². The van der Waals surface area contributed by atoms with Crippen LogP contribution in [0.1, 0.15) is 35.6 Å². The summed E-state index contributed by atoms with van der Waals surface area (Å²) in [5.41, 5.74) is 2.16. The maximum absolute atomic E-state index is 11.0.